The molecule has 0 fully saturated rings. The Balaban J connectivity index is 2.02. The normalized spacial score (nSPS) is 11.5. The second-order valence-corrected chi connectivity index (χ2v) is 5.13. The number of rotatable bonds is 5. The van der Waals surface area contributed by atoms with E-state index in [1.807, 2.05) is 18.4 Å². The third-order valence-corrected chi connectivity index (χ3v) is 3.05. The van der Waals surface area contributed by atoms with Crippen LogP contribution in [0.4, 0.5) is 0 Å². The molecule has 0 aliphatic carbocycles. The van der Waals surface area contributed by atoms with Crippen molar-refractivity contribution in [2.45, 2.75) is 20.3 Å². The fourth-order valence-electron chi connectivity index (χ4n) is 1.88. The maximum absolute atomic E-state index is 6.06. The lowest BCUT2D eigenvalue weighted by Crippen LogP contribution is -2.21. The Hall–Kier alpha value is -0.990. The quantitative estimate of drug-likeness (QED) is 0.816. The predicted molar refractivity (Wildman–Crippen MR) is 72.6 cm³/mol. The predicted octanol–water partition coefficient (Wildman–Crippen LogP) is 3.87. The molecule has 1 N–H and O–H groups in total. The van der Waals surface area contributed by atoms with Crippen LogP contribution >= 0.6 is 11.6 Å². The summed E-state index contributed by atoms with van der Waals surface area (Å²) in [6.07, 6.45) is 2.79. The van der Waals surface area contributed by atoms with E-state index in [-0.39, 0.29) is 0 Å². The highest BCUT2D eigenvalue weighted by molar-refractivity contribution is 6.34. The van der Waals surface area contributed by atoms with Crippen LogP contribution in [0.2, 0.25) is 5.02 Å². The number of benzene rings is 1. The highest BCUT2D eigenvalue weighted by Crippen LogP contribution is 2.27. The van der Waals surface area contributed by atoms with Crippen LogP contribution in [0.1, 0.15) is 19.4 Å². The second kappa shape index (κ2) is 5.56. The molecular formula is C14H18ClNO. The number of fused-ring (bicyclic) bond motifs is 1. The third-order valence-electron chi connectivity index (χ3n) is 2.76. The van der Waals surface area contributed by atoms with E-state index in [0.717, 1.165) is 30.5 Å². The van der Waals surface area contributed by atoms with Gasteiger partial charge in [-0.1, -0.05) is 37.6 Å². The molecule has 0 bridgehead atoms. The van der Waals surface area contributed by atoms with Crippen molar-refractivity contribution in [3.8, 4) is 0 Å². The molecule has 0 aliphatic heterocycles. The van der Waals surface area contributed by atoms with Crippen LogP contribution in [0.15, 0.2) is 28.9 Å². The molecule has 1 aromatic carbocycles. The average molecular weight is 252 g/mol. The van der Waals surface area contributed by atoms with Crippen LogP contribution in [0, 0.1) is 5.92 Å². The molecule has 3 heteroatoms. The van der Waals surface area contributed by atoms with Gasteiger partial charge in [-0.25, -0.2) is 0 Å². The first-order valence-corrected chi connectivity index (χ1v) is 6.41. The molecule has 2 aromatic rings. The number of para-hydroxylation sites is 1. The fraction of sp³-hybridized carbons (Fsp3) is 0.429. The van der Waals surface area contributed by atoms with Gasteiger partial charge >= 0.3 is 0 Å². The minimum Gasteiger partial charge on any atom is -0.462 e. The lowest BCUT2D eigenvalue weighted by atomic mass is 10.1. The van der Waals surface area contributed by atoms with E-state index >= 15 is 0 Å². The molecule has 0 spiro atoms. The molecule has 0 saturated carbocycles. The van der Waals surface area contributed by atoms with Crippen molar-refractivity contribution in [2.24, 2.45) is 5.92 Å². The number of nitrogens with one attached hydrogen (secondary N) is 1. The van der Waals surface area contributed by atoms with Crippen molar-refractivity contribution in [1.29, 1.82) is 0 Å². The lowest BCUT2D eigenvalue weighted by molar-refractivity contribution is 0.552. The van der Waals surface area contributed by atoms with Crippen LogP contribution < -0.4 is 5.32 Å². The Morgan fingerprint density at radius 2 is 2.18 bits per heavy atom. The molecule has 0 amide bonds. The number of furan rings is 1. The van der Waals surface area contributed by atoms with Gasteiger partial charge in [-0.2, -0.15) is 0 Å². The first kappa shape index (κ1) is 12.5. The maximum Gasteiger partial charge on any atom is 0.152 e. The summed E-state index contributed by atoms with van der Waals surface area (Å²) in [4.78, 5) is 0. The van der Waals surface area contributed by atoms with Crippen molar-refractivity contribution < 1.29 is 4.42 Å². The zero-order valence-electron chi connectivity index (χ0n) is 10.3. The zero-order valence-corrected chi connectivity index (χ0v) is 11.1. The molecule has 1 aromatic heterocycles. The second-order valence-electron chi connectivity index (χ2n) is 4.73. The van der Waals surface area contributed by atoms with E-state index in [4.69, 9.17) is 16.0 Å². The zero-order chi connectivity index (χ0) is 12.3. The molecular weight excluding hydrogens is 234 g/mol. The summed E-state index contributed by atoms with van der Waals surface area (Å²) in [5, 5.41) is 5.24. The minimum absolute atomic E-state index is 0.684. The molecule has 2 nitrogen and oxygen atoms in total. The van der Waals surface area contributed by atoms with E-state index in [2.05, 4.69) is 25.2 Å². The summed E-state index contributed by atoms with van der Waals surface area (Å²) in [7, 11) is 0. The SMILES string of the molecule is CC(C)CNCCc1coc2c(Cl)cccc12. The Kier molecular flexibility index (Phi) is 4.08. The van der Waals surface area contributed by atoms with Crippen LogP contribution in [0.3, 0.4) is 0 Å². The van der Waals surface area contributed by atoms with Gasteiger partial charge in [0, 0.05) is 5.39 Å². The first-order chi connectivity index (χ1) is 8.18. The van der Waals surface area contributed by atoms with E-state index in [1.54, 1.807) is 0 Å². The van der Waals surface area contributed by atoms with Crippen molar-refractivity contribution in [3.63, 3.8) is 0 Å². The Bertz CT molecular complexity index is 490. The Morgan fingerprint density at radius 3 is 2.94 bits per heavy atom. The average Bonchev–Trinajstić information content (AvgIpc) is 2.69. The summed E-state index contributed by atoms with van der Waals surface area (Å²) in [6.45, 7) is 6.44. The van der Waals surface area contributed by atoms with Gasteiger partial charge < -0.3 is 9.73 Å². The van der Waals surface area contributed by atoms with E-state index in [9.17, 15) is 0 Å². The van der Waals surface area contributed by atoms with Crippen molar-refractivity contribution in [2.75, 3.05) is 13.1 Å². The van der Waals surface area contributed by atoms with E-state index in [0.29, 0.717) is 10.9 Å². The smallest absolute Gasteiger partial charge is 0.152 e. The maximum atomic E-state index is 6.06. The van der Waals surface area contributed by atoms with Crippen molar-refractivity contribution in [3.05, 3.63) is 35.0 Å². The molecule has 92 valence electrons. The largest absolute Gasteiger partial charge is 0.462 e. The summed E-state index contributed by atoms with van der Waals surface area (Å²) < 4.78 is 5.50. The first-order valence-electron chi connectivity index (χ1n) is 6.04. The van der Waals surface area contributed by atoms with Crippen molar-refractivity contribution in [1.82, 2.24) is 5.32 Å². The standard InChI is InChI=1S/C14H18ClNO/c1-10(2)8-16-7-6-11-9-17-14-12(11)4-3-5-13(14)15/h3-5,9-10,16H,6-8H2,1-2H3. The van der Waals surface area contributed by atoms with Gasteiger partial charge in [0.25, 0.3) is 0 Å². The molecule has 0 atom stereocenters. The number of hydrogen-bond acceptors (Lipinski definition) is 2. The van der Waals surface area contributed by atoms with E-state index in [1.165, 1.54) is 5.56 Å². The van der Waals surface area contributed by atoms with Gasteiger partial charge in [-0.05, 0) is 37.1 Å². The van der Waals surface area contributed by atoms with Gasteiger partial charge in [0.05, 0.1) is 11.3 Å². The molecule has 0 radical (unpaired) electrons. The summed E-state index contributed by atoms with van der Waals surface area (Å²) in [5.41, 5.74) is 2.02. The number of halogens is 1. The highest BCUT2D eigenvalue weighted by Gasteiger charge is 2.07. The molecule has 0 saturated heterocycles. The minimum atomic E-state index is 0.684. The van der Waals surface area contributed by atoms with Crippen LogP contribution in [0.25, 0.3) is 11.0 Å². The number of hydrogen-bond donors (Lipinski definition) is 1. The van der Waals surface area contributed by atoms with Gasteiger partial charge in [0.2, 0.25) is 0 Å². The van der Waals surface area contributed by atoms with Gasteiger partial charge in [-0.15, -0.1) is 0 Å². The lowest BCUT2D eigenvalue weighted by Gasteiger charge is -2.06. The molecule has 0 aliphatic rings. The topological polar surface area (TPSA) is 25.2 Å². The summed E-state index contributed by atoms with van der Waals surface area (Å²) >= 11 is 6.06. The van der Waals surface area contributed by atoms with Crippen LogP contribution in [-0.2, 0) is 6.42 Å². The summed E-state index contributed by atoms with van der Waals surface area (Å²) in [5.74, 6) is 0.686. The van der Waals surface area contributed by atoms with Crippen molar-refractivity contribution >= 4 is 22.6 Å². The van der Waals surface area contributed by atoms with Crippen LogP contribution in [0.5, 0.6) is 0 Å². The third kappa shape index (κ3) is 3.02. The van der Waals surface area contributed by atoms with E-state index < -0.39 is 0 Å². The molecule has 0 unspecified atom stereocenters. The van der Waals surface area contributed by atoms with Gasteiger partial charge in [0.15, 0.2) is 5.58 Å². The Labute approximate surface area is 107 Å². The van der Waals surface area contributed by atoms with Crippen LogP contribution in [-0.4, -0.2) is 13.1 Å². The summed E-state index contributed by atoms with van der Waals surface area (Å²) in [6, 6.07) is 5.88. The Morgan fingerprint density at radius 1 is 1.35 bits per heavy atom. The molecule has 1 heterocycles. The monoisotopic (exact) mass is 251 g/mol. The fourth-order valence-corrected chi connectivity index (χ4v) is 2.10. The van der Waals surface area contributed by atoms with Gasteiger partial charge in [-0.3, -0.25) is 0 Å². The van der Waals surface area contributed by atoms with Gasteiger partial charge in [0.1, 0.15) is 0 Å². The molecule has 2 rings (SSSR count). The highest BCUT2D eigenvalue weighted by atomic mass is 35.5. The molecule has 17 heavy (non-hydrogen) atoms.